The highest BCUT2D eigenvalue weighted by Gasteiger charge is 2.25. The molecule has 72 valence electrons. The van der Waals surface area contributed by atoms with Crippen LogP contribution < -0.4 is 5.32 Å². The monoisotopic (exact) mass is 175 g/mol. The van der Waals surface area contributed by atoms with Crippen LogP contribution in [-0.2, 0) is 9.53 Å². The third-order valence-corrected chi connectivity index (χ3v) is 1.63. The van der Waals surface area contributed by atoms with E-state index in [9.17, 15) is 4.79 Å². The topological polar surface area (TPSA) is 58.6 Å². The van der Waals surface area contributed by atoms with Crippen molar-refractivity contribution >= 4 is 5.97 Å². The predicted molar refractivity (Wildman–Crippen MR) is 46.2 cm³/mol. The number of nitrogens with one attached hydrogen (secondary N) is 1. The minimum atomic E-state index is -0.785. The van der Waals surface area contributed by atoms with Crippen molar-refractivity contribution in [2.75, 3.05) is 26.8 Å². The third-order valence-electron chi connectivity index (χ3n) is 1.63. The van der Waals surface area contributed by atoms with Crippen LogP contribution in [-0.4, -0.2) is 37.9 Å². The lowest BCUT2D eigenvalue weighted by Crippen LogP contribution is -2.37. The first-order valence-corrected chi connectivity index (χ1v) is 3.94. The fraction of sp³-hybridized carbons (Fsp3) is 0.875. The minimum Gasteiger partial charge on any atom is -0.481 e. The maximum absolute atomic E-state index is 10.6. The Morgan fingerprint density at radius 2 is 2.17 bits per heavy atom. The molecule has 0 bridgehead atoms. The van der Waals surface area contributed by atoms with Crippen molar-refractivity contribution in [3.63, 3.8) is 0 Å². The van der Waals surface area contributed by atoms with Gasteiger partial charge in [0.15, 0.2) is 0 Å². The van der Waals surface area contributed by atoms with Gasteiger partial charge in [0.2, 0.25) is 0 Å². The molecule has 0 radical (unpaired) electrons. The smallest absolute Gasteiger partial charge is 0.310 e. The summed E-state index contributed by atoms with van der Waals surface area (Å²) in [6, 6.07) is 0. The van der Waals surface area contributed by atoms with Crippen molar-refractivity contribution in [3.8, 4) is 0 Å². The zero-order valence-electron chi connectivity index (χ0n) is 7.89. The highest BCUT2D eigenvalue weighted by molar-refractivity contribution is 5.73. The van der Waals surface area contributed by atoms with E-state index in [4.69, 9.17) is 9.84 Å². The Morgan fingerprint density at radius 3 is 2.58 bits per heavy atom. The third kappa shape index (κ3) is 4.31. The summed E-state index contributed by atoms with van der Waals surface area (Å²) >= 11 is 0. The van der Waals surface area contributed by atoms with Gasteiger partial charge in [-0.1, -0.05) is 0 Å². The van der Waals surface area contributed by atoms with E-state index >= 15 is 0 Å². The standard InChI is InChI=1S/C8H17NO3/c1-8(2,7(10)11)6-9-4-5-12-3/h9H,4-6H2,1-3H3,(H,10,11). The van der Waals surface area contributed by atoms with Crippen molar-refractivity contribution in [2.24, 2.45) is 5.41 Å². The number of rotatable bonds is 6. The van der Waals surface area contributed by atoms with Crippen LogP contribution >= 0.6 is 0 Å². The van der Waals surface area contributed by atoms with Gasteiger partial charge in [-0.3, -0.25) is 4.79 Å². The second kappa shape index (κ2) is 5.11. The molecule has 0 fully saturated rings. The van der Waals surface area contributed by atoms with Crippen LogP contribution in [0.15, 0.2) is 0 Å². The molecule has 0 unspecified atom stereocenters. The molecular formula is C8H17NO3. The van der Waals surface area contributed by atoms with Crippen LogP contribution in [0.5, 0.6) is 0 Å². The molecule has 0 atom stereocenters. The molecule has 0 amide bonds. The lowest BCUT2D eigenvalue weighted by atomic mass is 9.94. The van der Waals surface area contributed by atoms with Crippen molar-refractivity contribution < 1.29 is 14.6 Å². The molecule has 0 aromatic carbocycles. The number of carboxylic acid groups (broad SMARTS) is 1. The first-order valence-electron chi connectivity index (χ1n) is 3.94. The molecule has 0 saturated heterocycles. The van der Waals surface area contributed by atoms with E-state index in [0.717, 1.165) is 0 Å². The zero-order chi connectivity index (χ0) is 9.61. The van der Waals surface area contributed by atoms with Gasteiger partial charge in [-0.15, -0.1) is 0 Å². The van der Waals surface area contributed by atoms with E-state index < -0.39 is 11.4 Å². The second-order valence-electron chi connectivity index (χ2n) is 3.36. The second-order valence-corrected chi connectivity index (χ2v) is 3.36. The summed E-state index contributed by atoms with van der Waals surface area (Å²) in [5.41, 5.74) is -0.701. The molecule has 4 heteroatoms. The lowest BCUT2D eigenvalue weighted by Gasteiger charge is -2.19. The Bertz CT molecular complexity index is 145. The van der Waals surface area contributed by atoms with Gasteiger partial charge < -0.3 is 15.2 Å². The summed E-state index contributed by atoms with van der Waals surface area (Å²) in [5.74, 6) is -0.785. The Balaban J connectivity index is 3.54. The summed E-state index contributed by atoms with van der Waals surface area (Å²) in [5, 5.41) is 11.7. The fourth-order valence-electron chi connectivity index (χ4n) is 0.651. The number of carbonyl (C=O) groups is 1. The van der Waals surface area contributed by atoms with Crippen LogP contribution in [0, 0.1) is 5.41 Å². The number of ether oxygens (including phenoxy) is 1. The van der Waals surface area contributed by atoms with Crippen LogP contribution in [0.3, 0.4) is 0 Å². The summed E-state index contributed by atoms with van der Waals surface area (Å²) in [6.07, 6.45) is 0. The van der Waals surface area contributed by atoms with E-state index in [1.807, 2.05) is 0 Å². The quantitative estimate of drug-likeness (QED) is 0.571. The van der Waals surface area contributed by atoms with Gasteiger partial charge >= 0.3 is 5.97 Å². The maximum atomic E-state index is 10.6. The van der Waals surface area contributed by atoms with Gasteiger partial charge in [0.25, 0.3) is 0 Å². The normalized spacial score (nSPS) is 11.6. The molecule has 0 spiro atoms. The Morgan fingerprint density at radius 1 is 1.58 bits per heavy atom. The number of hydrogen-bond acceptors (Lipinski definition) is 3. The first-order chi connectivity index (χ1) is 5.50. The van der Waals surface area contributed by atoms with Gasteiger partial charge in [-0.25, -0.2) is 0 Å². The molecule has 0 aliphatic heterocycles. The molecule has 12 heavy (non-hydrogen) atoms. The molecule has 2 N–H and O–H groups in total. The number of carboxylic acids is 1. The van der Waals surface area contributed by atoms with Crippen molar-refractivity contribution in [2.45, 2.75) is 13.8 Å². The molecule has 0 aliphatic carbocycles. The average Bonchev–Trinajstić information content (AvgIpc) is 1.98. The largest absolute Gasteiger partial charge is 0.481 e. The van der Waals surface area contributed by atoms with Crippen molar-refractivity contribution in [1.29, 1.82) is 0 Å². The highest BCUT2D eigenvalue weighted by atomic mass is 16.5. The van der Waals surface area contributed by atoms with Gasteiger partial charge in [-0.05, 0) is 13.8 Å². The van der Waals surface area contributed by atoms with Crippen LogP contribution in [0.1, 0.15) is 13.8 Å². The SMILES string of the molecule is COCCNCC(C)(C)C(=O)O. The van der Waals surface area contributed by atoms with Gasteiger partial charge in [0.05, 0.1) is 12.0 Å². The number of methoxy groups -OCH3 is 1. The summed E-state index contributed by atoms with van der Waals surface area (Å²) in [4.78, 5) is 10.6. The number of hydrogen-bond donors (Lipinski definition) is 2. The van der Waals surface area contributed by atoms with Crippen molar-refractivity contribution in [3.05, 3.63) is 0 Å². The average molecular weight is 175 g/mol. The molecule has 0 aromatic heterocycles. The molecule has 0 saturated carbocycles. The number of aliphatic carboxylic acids is 1. The van der Waals surface area contributed by atoms with E-state index in [0.29, 0.717) is 19.7 Å². The molecule has 4 nitrogen and oxygen atoms in total. The van der Waals surface area contributed by atoms with Gasteiger partial charge in [0.1, 0.15) is 0 Å². The fourth-order valence-corrected chi connectivity index (χ4v) is 0.651. The molecular weight excluding hydrogens is 158 g/mol. The van der Waals surface area contributed by atoms with Crippen LogP contribution in [0.2, 0.25) is 0 Å². The van der Waals surface area contributed by atoms with E-state index in [-0.39, 0.29) is 0 Å². The van der Waals surface area contributed by atoms with E-state index in [2.05, 4.69) is 5.32 Å². The van der Waals surface area contributed by atoms with Gasteiger partial charge in [0, 0.05) is 20.2 Å². The molecule has 0 heterocycles. The van der Waals surface area contributed by atoms with Crippen LogP contribution in [0.4, 0.5) is 0 Å². The molecule has 0 aliphatic rings. The zero-order valence-corrected chi connectivity index (χ0v) is 7.89. The van der Waals surface area contributed by atoms with Crippen LogP contribution in [0.25, 0.3) is 0 Å². The molecule has 0 aromatic rings. The van der Waals surface area contributed by atoms with Crippen molar-refractivity contribution in [1.82, 2.24) is 5.32 Å². The summed E-state index contributed by atoms with van der Waals surface area (Å²) in [7, 11) is 1.62. The Hall–Kier alpha value is -0.610. The highest BCUT2D eigenvalue weighted by Crippen LogP contribution is 2.12. The Kier molecular flexibility index (Phi) is 4.85. The van der Waals surface area contributed by atoms with E-state index in [1.165, 1.54) is 0 Å². The molecule has 0 rings (SSSR count). The Labute approximate surface area is 72.9 Å². The van der Waals surface area contributed by atoms with E-state index in [1.54, 1.807) is 21.0 Å². The lowest BCUT2D eigenvalue weighted by molar-refractivity contribution is -0.146. The summed E-state index contributed by atoms with van der Waals surface area (Å²) < 4.78 is 4.81. The minimum absolute atomic E-state index is 0.464. The maximum Gasteiger partial charge on any atom is 0.310 e. The first kappa shape index (κ1) is 11.4. The summed E-state index contributed by atoms with van der Waals surface area (Å²) in [6.45, 7) is 5.14. The predicted octanol–water partition coefficient (Wildman–Crippen LogP) is 0.333. The van der Waals surface area contributed by atoms with Gasteiger partial charge in [-0.2, -0.15) is 0 Å².